The molecule has 0 aromatic heterocycles. The SMILES string of the molecule is O=C(CCc1ccc2c(c1)CCO2)C1=CCCCC1. The van der Waals surface area contributed by atoms with Crippen LogP contribution in [0, 0.1) is 0 Å². The highest BCUT2D eigenvalue weighted by Gasteiger charge is 2.14. The van der Waals surface area contributed by atoms with E-state index in [0.29, 0.717) is 12.2 Å². The molecule has 0 N–H and O–H groups in total. The van der Waals surface area contributed by atoms with Gasteiger partial charge in [0, 0.05) is 12.8 Å². The lowest BCUT2D eigenvalue weighted by Crippen LogP contribution is -2.07. The van der Waals surface area contributed by atoms with Gasteiger partial charge in [0.1, 0.15) is 5.75 Å². The van der Waals surface area contributed by atoms with Crippen molar-refractivity contribution < 1.29 is 9.53 Å². The molecule has 0 bridgehead atoms. The topological polar surface area (TPSA) is 26.3 Å². The molecule has 1 aliphatic heterocycles. The Hall–Kier alpha value is -1.57. The zero-order valence-electron chi connectivity index (χ0n) is 11.3. The Morgan fingerprint density at radius 2 is 2.16 bits per heavy atom. The smallest absolute Gasteiger partial charge is 0.158 e. The van der Waals surface area contributed by atoms with Crippen molar-refractivity contribution in [1.29, 1.82) is 0 Å². The fraction of sp³-hybridized carbons (Fsp3) is 0.471. The predicted octanol–water partition coefficient (Wildman–Crippen LogP) is 3.62. The van der Waals surface area contributed by atoms with Crippen LogP contribution in [0.5, 0.6) is 5.75 Å². The minimum atomic E-state index is 0.344. The third-order valence-corrected chi connectivity index (χ3v) is 4.04. The van der Waals surface area contributed by atoms with E-state index in [9.17, 15) is 4.79 Å². The van der Waals surface area contributed by atoms with Crippen LogP contribution >= 0.6 is 0 Å². The summed E-state index contributed by atoms with van der Waals surface area (Å²) in [6.45, 7) is 0.796. The molecule has 1 aromatic carbocycles. The van der Waals surface area contributed by atoms with E-state index in [1.165, 1.54) is 24.0 Å². The van der Waals surface area contributed by atoms with Crippen molar-refractivity contribution in [2.24, 2.45) is 0 Å². The van der Waals surface area contributed by atoms with Gasteiger partial charge >= 0.3 is 0 Å². The van der Waals surface area contributed by atoms with Crippen molar-refractivity contribution >= 4 is 5.78 Å². The Labute approximate surface area is 114 Å². The van der Waals surface area contributed by atoms with E-state index in [4.69, 9.17) is 4.74 Å². The molecule has 2 heteroatoms. The molecule has 1 aliphatic carbocycles. The van der Waals surface area contributed by atoms with Gasteiger partial charge in [-0.25, -0.2) is 0 Å². The van der Waals surface area contributed by atoms with Gasteiger partial charge in [0.05, 0.1) is 6.61 Å². The summed E-state index contributed by atoms with van der Waals surface area (Å²) >= 11 is 0. The highest BCUT2D eigenvalue weighted by atomic mass is 16.5. The van der Waals surface area contributed by atoms with E-state index in [1.807, 2.05) is 6.07 Å². The maximum Gasteiger partial charge on any atom is 0.158 e. The number of benzene rings is 1. The molecule has 2 aliphatic rings. The van der Waals surface area contributed by atoms with Gasteiger partial charge in [0.25, 0.3) is 0 Å². The Balaban J connectivity index is 1.60. The highest BCUT2D eigenvalue weighted by Crippen LogP contribution is 2.26. The van der Waals surface area contributed by atoms with Crippen LogP contribution in [0.4, 0.5) is 0 Å². The van der Waals surface area contributed by atoms with Gasteiger partial charge in [-0.05, 0) is 54.9 Å². The maximum absolute atomic E-state index is 12.1. The number of hydrogen-bond donors (Lipinski definition) is 0. The number of hydrogen-bond acceptors (Lipinski definition) is 2. The van der Waals surface area contributed by atoms with Crippen LogP contribution in [-0.4, -0.2) is 12.4 Å². The summed E-state index contributed by atoms with van der Waals surface area (Å²) in [5.41, 5.74) is 3.62. The lowest BCUT2D eigenvalue weighted by molar-refractivity contribution is -0.115. The van der Waals surface area contributed by atoms with Gasteiger partial charge in [0.2, 0.25) is 0 Å². The molecule has 0 amide bonds. The van der Waals surface area contributed by atoms with Crippen molar-refractivity contribution in [3.8, 4) is 5.75 Å². The molecule has 100 valence electrons. The van der Waals surface area contributed by atoms with Gasteiger partial charge in [-0.1, -0.05) is 18.2 Å². The average Bonchev–Trinajstić information content (AvgIpc) is 2.93. The second kappa shape index (κ2) is 5.60. The summed E-state index contributed by atoms with van der Waals surface area (Å²) in [6, 6.07) is 6.33. The van der Waals surface area contributed by atoms with Crippen LogP contribution < -0.4 is 4.74 Å². The molecule has 0 radical (unpaired) electrons. The molecular formula is C17H20O2. The minimum absolute atomic E-state index is 0.344. The van der Waals surface area contributed by atoms with Crippen LogP contribution in [0.15, 0.2) is 29.8 Å². The second-order valence-corrected chi connectivity index (χ2v) is 5.44. The molecule has 0 atom stereocenters. The molecule has 0 saturated heterocycles. The predicted molar refractivity (Wildman–Crippen MR) is 75.5 cm³/mol. The van der Waals surface area contributed by atoms with Gasteiger partial charge in [-0.15, -0.1) is 0 Å². The zero-order chi connectivity index (χ0) is 13.1. The van der Waals surface area contributed by atoms with Crippen LogP contribution in [0.1, 0.15) is 43.2 Å². The van der Waals surface area contributed by atoms with Gasteiger partial charge in [0.15, 0.2) is 5.78 Å². The summed E-state index contributed by atoms with van der Waals surface area (Å²) < 4.78 is 5.50. The number of fused-ring (bicyclic) bond motifs is 1. The summed E-state index contributed by atoms with van der Waals surface area (Å²) in [6.07, 6.45) is 9.11. The number of ketones is 1. The van der Waals surface area contributed by atoms with E-state index < -0.39 is 0 Å². The van der Waals surface area contributed by atoms with E-state index in [2.05, 4.69) is 18.2 Å². The first-order valence-corrected chi connectivity index (χ1v) is 7.30. The quantitative estimate of drug-likeness (QED) is 0.822. The van der Waals surface area contributed by atoms with Gasteiger partial charge in [-0.2, -0.15) is 0 Å². The number of aryl methyl sites for hydroxylation is 1. The first-order valence-electron chi connectivity index (χ1n) is 7.30. The molecule has 2 nitrogen and oxygen atoms in total. The van der Waals surface area contributed by atoms with Crippen molar-refractivity contribution in [3.63, 3.8) is 0 Å². The van der Waals surface area contributed by atoms with Crippen molar-refractivity contribution in [2.75, 3.05) is 6.61 Å². The Kier molecular flexibility index (Phi) is 3.67. The third kappa shape index (κ3) is 2.89. The summed E-state index contributed by atoms with van der Waals surface area (Å²) in [4.78, 5) is 12.1. The molecule has 1 aromatic rings. The molecule has 1 heterocycles. The van der Waals surface area contributed by atoms with Crippen LogP contribution in [0.3, 0.4) is 0 Å². The number of carbonyl (C=O) groups excluding carboxylic acids is 1. The Morgan fingerprint density at radius 1 is 1.21 bits per heavy atom. The largest absolute Gasteiger partial charge is 0.493 e. The maximum atomic E-state index is 12.1. The van der Waals surface area contributed by atoms with Crippen molar-refractivity contribution in [3.05, 3.63) is 41.0 Å². The summed E-state index contributed by atoms with van der Waals surface area (Å²) in [5.74, 6) is 1.36. The average molecular weight is 256 g/mol. The van der Waals surface area contributed by atoms with Crippen LogP contribution in [0.2, 0.25) is 0 Å². The standard InChI is InChI=1S/C17H20O2/c18-16(14-4-2-1-3-5-14)8-6-13-7-9-17-15(12-13)10-11-19-17/h4,7,9,12H,1-3,5-6,8,10-11H2. The Bertz CT molecular complexity index is 514. The molecular weight excluding hydrogens is 236 g/mol. The number of Topliss-reactive ketones (excluding diaryl/α,β-unsaturated/α-hetero) is 1. The van der Waals surface area contributed by atoms with Crippen LogP contribution in [0.25, 0.3) is 0 Å². The van der Waals surface area contributed by atoms with E-state index in [1.54, 1.807) is 0 Å². The lowest BCUT2D eigenvalue weighted by atomic mass is 9.93. The number of ether oxygens (including phenoxy) is 1. The Morgan fingerprint density at radius 3 is 3.00 bits per heavy atom. The number of carbonyl (C=O) groups is 1. The first-order chi connectivity index (χ1) is 9.33. The lowest BCUT2D eigenvalue weighted by Gasteiger charge is -2.11. The van der Waals surface area contributed by atoms with Crippen molar-refractivity contribution in [1.82, 2.24) is 0 Å². The normalized spacial score (nSPS) is 17.6. The van der Waals surface area contributed by atoms with Gasteiger partial charge < -0.3 is 4.74 Å². The monoisotopic (exact) mass is 256 g/mol. The minimum Gasteiger partial charge on any atom is -0.493 e. The molecule has 0 fully saturated rings. The van der Waals surface area contributed by atoms with Crippen molar-refractivity contribution in [2.45, 2.75) is 44.9 Å². The van der Waals surface area contributed by atoms with Crippen LogP contribution in [-0.2, 0) is 17.6 Å². The molecule has 0 unspecified atom stereocenters. The summed E-state index contributed by atoms with van der Waals surface area (Å²) in [7, 11) is 0. The van der Waals surface area contributed by atoms with E-state index in [-0.39, 0.29) is 0 Å². The summed E-state index contributed by atoms with van der Waals surface area (Å²) in [5, 5.41) is 0. The fourth-order valence-corrected chi connectivity index (χ4v) is 2.91. The highest BCUT2D eigenvalue weighted by molar-refractivity contribution is 5.95. The molecule has 0 saturated carbocycles. The second-order valence-electron chi connectivity index (χ2n) is 5.44. The zero-order valence-corrected chi connectivity index (χ0v) is 11.3. The first kappa shape index (κ1) is 12.5. The van der Waals surface area contributed by atoms with E-state index >= 15 is 0 Å². The number of rotatable bonds is 4. The van der Waals surface area contributed by atoms with E-state index in [0.717, 1.165) is 43.6 Å². The third-order valence-electron chi connectivity index (χ3n) is 4.04. The van der Waals surface area contributed by atoms with Gasteiger partial charge in [-0.3, -0.25) is 4.79 Å². The molecule has 0 spiro atoms. The fourth-order valence-electron chi connectivity index (χ4n) is 2.91. The number of allylic oxidation sites excluding steroid dienone is 2. The molecule has 19 heavy (non-hydrogen) atoms. The molecule has 3 rings (SSSR count).